The minimum atomic E-state index is -1.15. The van der Waals surface area contributed by atoms with E-state index in [1.54, 1.807) is 11.8 Å². The maximum atomic E-state index is 10.7. The van der Waals surface area contributed by atoms with Crippen molar-refractivity contribution in [3.8, 4) is 0 Å². The van der Waals surface area contributed by atoms with Gasteiger partial charge in [-0.1, -0.05) is 0 Å². The number of carbonyl (C=O) groups excluding carboxylic acids is 1. The van der Waals surface area contributed by atoms with Crippen LogP contribution in [-0.2, 0) is 4.79 Å². The number of tetrazole rings is 1. The fraction of sp³-hybridized carbons (Fsp3) is 0.667. The van der Waals surface area contributed by atoms with Crippen LogP contribution in [0.15, 0.2) is 6.33 Å². The Morgan fingerprint density at radius 2 is 2.54 bits per heavy atom. The van der Waals surface area contributed by atoms with E-state index in [2.05, 4.69) is 15.5 Å². The number of carboxylic acid groups (broad SMARTS) is 1. The van der Waals surface area contributed by atoms with Crippen LogP contribution in [0.25, 0.3) is 0 Å². The molecular weight excluding hydrogens is 192 g/mol. The van der Waals surface area contributed by atoms with Gasteiger partial charge in [-0.2, -0.15) is 11.8 Å². The number of hydrogen-bond acceptors (Lipinski definition) is 6. The van der Waals surface area contributed by atoms with Crippen LogP contribution in [0, 0.1) is 0 Å². The van der Waals surface area contributed by atoms with Gasteiger partial charge in [0, 0.05) is 0 Å². The summed E-state index contributed by atoms with van der Waals surface area (Å²) in [5.74, 6) is -0.417. The molecule has 1 aromatic rings. The molecule has 0 fully saturated rings. The molecular formula is C6H9N4O2S-. The van der Waals surface area contributed by atoms with Crippen molar-refractivity contribution in [3.63, 3.8) is 0 Å². The molecule has 1 heterocycles. The van der Waals surface area contributed by atoms with Gasteiger partial charge in [-0.15, -0.1) is 5.10 Å². The van der Waals surface area contributed by atoms with Gasteiger partial charge in [0.25, 0.3) is 0 Å². The molecule has 0 bridgehead atoms. The summed E-state index contributed by atoms with van der Waals surface area (Å²) in [5, 5.41) is 20.9. The normalized spacial score (nSPS) is 12.7. The van der Waals surface area contributed by atoms with Gasteiger partial charge in [-0.05, 0) is 28.9 Å². The van der Waals surface area contributed by atoms with E-state index in [4.69, 9.17) is 0 Å². The number of nitrogens with zero attached hydrogens (tertiary/aromatic N) is 4. The zero-order valence-corrected chi connectivity index (χ0v) is 7.90. The van der Waals surface area contributed by atoms with Crippen molar-refractivity contribution in [2.45, 2.75) is 12.5 Å². The molecule has 0 unspecified atom stereocenters. The van der Waals surface area contributed by atoms with Crippen LogP contribution in [0.5, 0.6) is 0 Å². The second-order valence-corrected chi connectivity index (χ2v) is 3.39. The Bertz CT molecular complexity index is 264. The van der Waals surface area contributed by atoms with Gasteiger partial charge < -0.3 is 9.90 Å². The molecule has 0 saturated heterocycles. The quantitative estimate of drug-likeness (QED) is 0.590. The molecule has 1 aromatic heterocycles. The maximum Gasteiger partial charge on any atom is 0.138 e. The highest BCUT2D eigenvalue weighted by atomic mass is 32.2. The second kappa shape index (κ2) is 4.80. The molecule has 0 aliphatic heterocycles. The third kappa shape index (κ3) is 2.69. The van der Waals surface area contributed by atoms with E-state index in [9.17, 15) is 9.90 Å². The van der Waals surface area contributed by atoms with Crippen LogP contribution < -0.4 is 5.11 Å². The lowest BCUT2D eigenvalue weighted by atomic mass is 10.2. The number of hydrogen-bond donors (Lipinski definition) is 0. The predicted octanol–water partition coefficient (Wildman–Crippen LogP) is -1.28. The molecule has 72 valence electrons. The number of thioether (sulfide) groups is 1. The summed E-state index contributed by atoms with van der Waals surface area (Å²) in [7, 11) is 0. The van der Waals surface area contributed by atoms with E-state index >= 15 is 0 Å². The van der Waals surface area contributed by atoms with Gasteiger partial charge in [0.1, 0.15) is 6.33 Å². The van der Waals surface area contributed by atoms with Crippen molar-refractivity contribution < 1.29 is 9.90 Å². The first kappa shape index (κ1) is 9.97. The third-order valence-electron chi connectivity index (χ3n) is 1.55. The maximum absolute atomic E-state index is 10.7. The molecule has 1 rings (SSSR count). The average Bonchev–Trinajstić information content (AvgIpc) is 2.57. The largest absolute Gasteiger partial charge is 0.548 e. The van der Waals surface area contributed by atoms with Gasteiger partial charge in [-0.25, -0.2) is 4.68 Å². The molecule has 13 heavy (non-hydrogen) atoms. The summed E-state index contributed by atoms with van der Waals surface area (Å²) >= 11 is 1.57. The minimum Gasteiger partial charge on any atom is -0.548 e. The molecule has 0 spiro atoms. The summed E-state index contributed by atoms with van der Waals surface area (Å²) in [5.41, 5.74) is 0. The molecule has 0 saturated carbocycles. The summed E-state index contributed by atoms with van der Waals surface area (Å²) in [6, 6.07) is -0.762. The van der Waals surface area contributed by atoms with E-state index in [0.29, 0.717) is 6.42 Å². The van der Waals surface area contributed by atoms with Crippen LogP contribution >= 0.6 is 11.8 Å². The van der Waals surface area contributed by atoms with Crippen LogP contribution in [0.3, 0.4) is 0 Å². The molecule has 0 aromatic carbocycles. The topological polar surface area (TPSA) is 83.7 Å². The predicted molar refractivity (Wildman–Crippen MR) is 44.9 cm³/mol. The lowest BCUT2D eigenvalue weighted by Crippen LogP contribution is -2.34. The van der Waals surface area contributed by atoms with Crippen molar-refractivity contribution in [2.24, 2.45) is 0 Å². The van der Waals surface area contributed by atoms with E-state index in [1.807, 2.05) is 6.26 Å². The minimum absolute atomic E-state index is 0.467. The molecule has 0 N–H and O–H groups in total. The smallest absolute Gasteiger partial charge is 0.138 e. The molecule has 0 aliphatic rings. The lowest BCUT2D eigenvalue weighted by Gasteiger charge is -2.15. The summed E-state index contributed by atoms with van der Waals surface area (Å²) in [4.78, 5) is 10.7. The van der Waals surface area contributed by atoms with E-state index in [-0.39, 0.29) is 0 Å². The number of carboxylic acids is 1. The van der Waals surface area contributed by atoms with Gasteiger partial charge in [0.05, 0.1) is 12.0 Å². The fourth-order valence-electron chi connectivity index (χ4n) is 0.899. The Hall–Kier alpha value is -1.11. The fourth-order valence-corrected chi connectivity index (χ4v) is 1.36. The van der Waals surface area contributed by atoms with Gasteiger partial charge in [-0.3, -0.25) is 0 Å². The van der Waals surface area contributed by atoms with Crippen LogP contribution in [0.4, 0.5) is 0 Å². The van der Waals surface area contributed by atoms with Crippen molar-refractivity contribution in [1.82, 2.24) is 20.2 Å². The number of carbonyl (C=O) groups is 1. The first-order chi connectivity index (χ1) is 6.25. The van der Waals surface area contributed by atoms with Gasteiger partial charge in [0.15, 0.2) is 0 Å². The van der Waals surface area contributed by atoms with Crippen molar-refractivity contribution >= 4 is 17.7 Å². The highest BCUT2D eigenvalue weighted by Gasteiger charge is 2.12. The summed E-state index contributed by atoms with van der Waals surface area (Å²) in [6.45, 7) is 0. The first-order valence-corrected chi connectivity index (χ1v) is 5.07. The van der Waals surface area contributed by atoms with Crippen LogP contribution in [-0.4, -0.2) is 38.2 Å². The summed E-state index contributed by atoms with van der Waals surface area (Å²) < 4.78 is 1.20. The van der Waals surface area contributed by atoms with Gasteiger partial charge in [0.2, 0.25) is 0 Å². The molecule has 0 radical (unpaired) electrons. The standard InChI is InChI=1S/C6H10N4O2S/c1-13-3-2-5(6(11)12)10-4-7-8-9-10/h4-5H,2-3H2,1H3,(H,11,12)/p-1/t5-/m1/s1. The zero-order valence-electron chi connectivity index (χ0n) is 7.08. The van der Waals surface area contributed by atoms with E-state index in [0.717, 1.165) is 5.75 Å². The SMILES string of the molecule is CSCC[C@H](C(=O)[O-])n1cnnn1. The molecule has 0 aliphatic carbocycles. The Morgan fingerprint density at radius 3 is 3.00 bits per heavy atom. The molecule has 7 heteroatoms. The highest BCUT2D eigenvalue weighted by Crippen LogP contribution is 2.10. The van der Waals surface area contributed by atoms with Gasteiger partial charge >= 0.3 is 0 Å². The Morgan fingerprint density at radius 1 is 1.77 bits per heavy atom. The van der Waals surface area contributed by atoms with Crippen molar-refractivity contribution in [3.05, 3.63) is 6.33 Å². The lowest BCUT2D eigenvalue weighted by molar-refractivity contribution is -0.310. The third-order valence-corrected chi connectivity index (χ3v) is 2.20. The highest BCUT2D eigenvalue weighted by molar-refractivity contribution is 7.98. The van der Waals surface area contributed by atoms with Crippen molar-refractivity contribution in [2.75, 3.05) is 12.0 Å². The summed E-state index contributed by atoms with van der Waals surface area (Å²) in [6.07, 6.45) is 3.65. The van der Waals surface area contributed by atoms with Crippen molar-refractivity contribution in [1.29, 1.82) is 0 Å². The monoisotopic (exact) mass is 201 g/mol. The number of rotatable bonds is 5. The molecule has 0 amide bonds. The first-order valence-electron chi connectivity index (χ1n) is 3.68. The Labute approximate surface area is 79.3 Å². The number of aromatic nitrogens is 4. The molecule has 1 atom stereocenters. The Kier molecular flexibility index (Phi) is 3.69. The molecule has 6 nitrogen and oxygen atoms in total. The van der Waals surface area contributed by atoms with E-state index < -0.39 is 12.0 Å². The second-order valence-electron chi connectivity index (χ2n) is 2.41. The zero-order chi connectivity index (χ0) is 9.68. The van der Waals surface area contributed by atoms with E-state index in [1.165, 1.54) is 11.0 Å². The van der Waals surface area contributed by atoms with Crippen LogP contribution in [0.1, 0.15) is 12.5 Å². The van der Waals surface area contributed by atoms with Crippen LogP contribution in [0.2, 0.25) is 0 Å². The average molecular weight is 201 g/mol. The Balaban J connectivity index is 2.63. The number of aliphatic carboxylic acids is 1.